The van der Waals surface area contributed by atoms with Crippen molar-refractivity contribution in [3.63, 3.8) is 0 Å². The quantitative estimate of drug-likeness (QED) is 0.837. The molecule has 0 fully saturated rings. The van der Waals surface area contributed by atoms with Crippen molar-refractivity contribution < 1.29 is 4.79 Å². The molecule has 0 unspecified atom stereocenters. The Bertz CT molecular complexity index is 569. The third-order valence-electron chi connectivity index (χ3n) is 2.71. The predicted octanol–water partition coefficient (Wildman–Crippen LogP) is 4.47. The molecule has 3 nitrogen and oxygen atoms in total. The van der Waals surface area contributed by atoms with E-state index in [0.29, 0.717) is 6.54 Å². The molecule has 5 heteroatoms. The first-order chi connectivity index (χ1) is 9.63. The molecule has 2 aromatic carbocycles. The highest BCUT2D eigenvalue weighted by Crippen LogP contribution is 2.14. The largest absolute Gasteiger partial charge is 0.338 e. The highest BCUT2D eigenvalue weighted by atomic mass is 79.9. The molecule has 2 amide bonds. The Hall–Kier alpha value is -1.52. The molecule has 0 bridgehead atoms. The van der Waals surface area contributed by atoms with E-state index in [-0.39, 0.29) is 6.03 Å². The lowest BCUT2D eigenvalue weighted by Gasteiger charge is -2.08. The van der Waals surface area contributed by atoms with Crippen LogP contribution >= 0.6 is 27.5 Å². The Morgan fingerprint density at radius 2 is 1.70 bits per heavy atom. The van der Waals surface area contributed by atoms with Gasteiger partial charge in [0.05, 0.1) is 0 Å². The number of nitrogens with one attached hydrogen (secondary N) is 2. The number of halogens is 2. The first kappa shape index (κ1) is 14.9. The summed E-state index contributed by atoms with van der Waals surface area (Å²) in [6.45, 7) is 0.573. The SMILES string of the molecule is O=C(NCCc1ccc(Cl)cc1)Nc1ccc(Br)cc1. The van der Waals surface area contributed by atoms with Gasteiger partial charge in [-0.05, 0) is 48.4 Å². The van der Waals surface area contributed by atoms with E-state index in [0.717, 1.165) is 27.2 Å². The second-order valence-corrected chi connectivity index (χ2v) is 5.62. The Labute approximate surface area is 131 Å². The van der Waals surface area contributed by atoms with Gasteiger partial charge in [-0.2, -0.15) is 0 Å². The van der Waals surface area contributed by atoms with Crippen molar-refractivity contribution in [3.05, 3.63) is 63.6 Å². The molecule has 2 N–H and O–H groups in total. The van der Waals surface area contributed by atoms with Crippen LogP contribution in [0.25, 0.3) is 0 Å². The van der Waals surface area contributed by atoms with E-state index < -0.39 is 0 Å². The number of hydrogen-bond acceptors (Lipinski definition) is 1. The summed E-state index contributed by atoms with van der Waals surface area (Å²) in [5.41, 5.74) is 1.90. The zero-order valence-corrected chi connectivity index (χ0v) is 13.0. The summed E-state index contributed by atoms with van der Waals surface area (Å²) < 4.78 is 0.978. The third-order valence-corrected chi connectivity index (χ3v) is 3.50. The minimum absolute atomic E-state index is 0.207. The highest BCUT2D eigenvalue weighted by molar-refractivity contribution is 9.10. The fourth-order valence-electron chi connectivity index (χ4n) is 1.68. The van der Waals surface area contributed by atoms with Crippen LogP contribution in [-0.4, -0.2) is 12.6 Å². The van der Waals surface area contributed by atoms with Crippen molar-refractivity contribution in [1.82, 2.24) is 5.32 Å². The van der Waals surface area contributed by atoms with Gasteiger partial charge in [-0.1, -0.05) is 39.7 Å². The van der Waals surface area contributed by atoms with E-state index in [2.05, 4.69) is 26.6 Å². The van der Waals surface area contributed by atoms with Gasteiger partial charge < -0.3 is 10.6 Å². The maximum Gasteiger partial charge on any atom is 0.319 e. The van der Waals surface area contributed by atoms with Gasteiger partial charge in [-0.15, -0.1) is 0 Å². The number of anilines is 1. The van der Waals surface area contributed by atoms with Gasteiger partial charge in [0.2, 0.25) is 0 Å². The minimum atomic E-state index is -0.207. The maximum absolute atomic E-state index is 11.7. The Morgan fingerprint density at radius 3 is 2.35 bits per heavy atom. The summed E-state index contributed by atoms with van der Waals surface area (Å²) in [6, 6.07) is 14.8. The fraction of sp³-hybridized carbons (Fsp3) is 0.133. The van der Waals surface area contributed by atoms with Crippen molar-refractivity contribution in [3.8, 4) is 0 Å². The van der Waals surface area contributed by atoms with E-state index in [1.165, 1.54) is 0 Å². The molecule has 0 saturated heterocycles. The third kappa shape index (κ3) is 4.87. The molecular formula is C15H14BrClN2O. The van der Waals surface area contributed by atoms with E-state index in [1.54, 1.807) is 0 Å². The van der Waals surface area contributed by atoms with Crippen molar-refractivity contribution in [2.45, 2.75) is 6.42 Å². The van der Waals surface area contributed by atoms with Crippen molar-refractivity contribution in [2.75, 3.05) is 11.9 Å². The van der Waals surface area contributed by atoms with Crippen LogP contribution in [0.2, 0.25) is 5.02 Å². The molecular weight excluding hydrogens is 340 g/mol. The average molecular weight is 354 g/mol. The predicted molar refractivity (Wildman–Crippen MR) is 86.3 cm³/mol. The lowest BCUT2D eigenvalue weighted by molar-refractivity contribution is 0.252. The second kappa shape index (κ2) is 7.31. The maximum atomic E-state index is 11.7. The Morgan fingerprint density at radius 1 is 1.05 bits per heavy atom. The summed E-state index contributed by atoms with van der Waals surface area (Å²) in [7, 11) is 0. The zero-order chi connectivity index (χ0) is 14.4. The summed E-state index contributed by atoms with van der Waals surface area (Å²) in [4.78, 5) is 11.7. The first-order valence-corrected chi connectivity index (χ1v) is 7.35. The number of rotatable bonds is 4. The van der Waals surface area contributed by atoms with Gasteiger partial charge in [0, 0.05) is 21.7 Å². The van der Waals surface area contributed by atoms with Crippen LogP contribution in [0.4, 0.5) is 10.5 Å². The molecule has 0 heterocycles. The summed E-state index contributed by atoms with van der Waals surface area (Å²) in [5.74, 6) is 0. The highest BCUT2D eigenvalue weighted by Gasteiger charge is 2.01. The van der Waals surface area contributed by atoms with Gasteiger partial charge in [0.15, 0.2) is 0 Å². The van der Waals surface area contributed by atoms with Crippen LogP contribution in [-0.2, 0) is 6.42 Å². The molecule has 2 aromatic rings. The van der Waals surface area contributed by atoms with Crippen molar-refractivity contribution in [1.29, 1.82) is 0 Å². The molecule has 0 aliphatic heterocycles. The van der Waals surface area contributed by atoms with Crippen LogP contribution in [0.15, 0.2) is 53.0 Å². The molecule has 2 rings (SSSR count). The molecule has 20 heavy (non-hydrogen) atoms. The van der Waals surface area contributed by atoms with Gasteiger partial charge in [-0.25, -0.2) is 4.79 Å². The van der Waals surface area contributed by atoms with Gasteiger partial charge >= 0.3 is 6.03 Å². The summed E-state index contributed by atoms with van der Waals surface area (Å²) in [5, 5.41) is 6.30. The molecule has 104 valence electrons. The van der Waals surface area contributed by atoms with E-state index in [4.69, 9.17) is 11.6 Å². The fourth-order valence-corrected chi connectivity index (χ4v) is 2.07. The van der Waals surface area contributed by atoms with Gasteiger partial charge in [0.25, 0.3) is 0 Å². The molecule has 0 saturated carbocycles. The van der Waals surface area contributed by atoms with E-state index in [1.807, 2.05) is 48.5 Å². The summed E-state index contributed by atoms with van der Waals surface area (Å²) >= 11 is 9.16. The smallest absolute Gasteiger partial charge is 0.319 e. The molecule has 0 aliphatic rings. The van der Waals surface area contributed by atoms with Crippen molar-refractivity contribution in [2.24, 2.45) is 0 Å². The average Bonchev–Trinajstić information content (AvgIpc) is 2.44. The number of amides is 2. The van der Waals surface area contributed by atoms with E-state index in [9.17, 15) is 4.79 Å². The number of carbonyl (C=O) groups is 1. The monoisotopic (exact) mass is 352 g/mol. The van der Waals surface area contributed by atoms with Crippen LogP contribution in [0.5, 0.6) is 0 Å². The topological polar surface area (TPSA) is 41.1 Å². The molecule has 0 aliphatic carbocycles. The molecule has 0 radical (unpaired) electrons. The Balaban J connectivity index is 1.75. The number of hydrogen-bond donors (Lipinski definition) is 2. The lowest BCUT2D eigenvalue weighted by Crippen LogP contribution is -2.30. The molecule has 0 aromatic heterocycles. The van der Waals surface area contributed by atoms with Gasteiger partial charge in [0.1, 0.15) is 0 Å². The molecule has 0 atom stereocenters. The first-order valence-electron chi connectivity index (χ1n) is 6.18. The van der Waals surface area contributed by atoms with Crippen LogP contribution in [0.1, 0.15) is 5.56 Å². The van der Waals surface area contributed by atoms with Gasteiger partial charge in [-0.3, -0.25) is 0 Å². The normalized spacial score (nSPS) is 10.1. The second-order valence-electron chi connectivity index (χ2n) is 4.26. The van der Waals surface area contributed by atoms with Crippen LogP contribution in [0, 0.1) is 0 Å². The van der Waals surface area contributed by atoms with Crippen molar-refractivity contribution >= 4 is 39.2 Å². The Kier molecular flexibility index (Phi) is 5.44. The van der Waals surface area contributed by atoms with Crippen LogP contribution in [0.3, 0.4) is 0 Å². The van der Waals surface area contributed by atoms with E-state index >= 15 is 0 Å². The standard InChI is InChI=1S/C15H14BrClN2O/c16-12-3-7-14(8-4-12)19-15(20)18-10-9-11-1-5-13(17)6-2-11/h1-8H,9-10H2,(H2,18,19,20). The number of benzene rings is 2. The van der Waals surface area contributed by atoms with Crippen LogP contribution < -0.4 is 10.6 Å². The minimum Gasteiger partial charge on any atom is -0.338 e. The lowest BCUT2D eigenvalue weighted by atomic mass is 10.1. The molecule has 0 spiro atoms. The summed E-state index contributed by atoms with van der Waals surface area (Å²) in [6.07, 6.45) is 0.769. The number of urea groups is 1. The zero-order valence-electron chi connectivity index (χ0n) is 10.7. The number of carbonyl (C=O) groups excluding carboxylic acids is 1.